The molecule has 114 valence electrons. The molecule has 1 aliphatic heterocycles. The molecule has 1 aromatic carbocycles. The molecule has 1 N–H and O–H groups in total. The lowest BCUT2D eigenvalue weighted by Gasteiger charge is -2.27. The van der Waals surface area contributed by atoms with E-state index >= 15 is 0 Å². The highest BCUT2D eigenvalue weighted by molar-refractivity contribution is 5.85. The molecule has 3 heteroatoms. The van der Waals surface area contributed by atoms with Crippen LogP contribution in [0.1, 0.15) is 51.4 Å². The lowest BCUT2D eigenvalue weighted by atomic mass is 10.0. The largest absolute Gasteiger partial charge is 0.318 e. The van der Waals surface area contributed by atoms with Gasteiger partial charge in [-0.3, -0.25) is 10.1 Å². The first-order chi connectivity index (χ1) is 9.83. The second-order valence-electron chi connectivity index (χ2n) is 7.60. The van der Waals surface area contributed by atoms with Crippen molar-refractivity contribution >= 4 is 5.91 Å². The molecule has 1 heterocycles. The topological polar surface area (TPSA) is 32.3 Å². The average Bonchev–Trinajstić information content (AvgIpc) is 2.88. The molecule has 3 rings (SSSR count). The fraction of sp³-hybridized carbons (Fsp3) is 0.611. The third-order valence-corrected chi connectivity index (χ3v) is 5.08. The maximum absolute atomic E-state index is 12.9. The van der Waals surface area contributed by atoms with Crippen molar-refractivity contribution in [2.24, 2.45) is 11.3 Å². The van der Waals surface area contributed by atoms with Crippen molar-refractivity contribution in [3.05, 3.63) is 35.4 Å². The smallest absolute Gasteiger partial charge is 0.241 e. The number of carbonyl (C=O) groups excluding carboxylic acids is 1. The standard InChI is InChI=1S/C18H26N2O/c1-11(2)15-17(21)20(14-10-18(14,4)5)16(19-15)13-9-7-6-8-12(13)3/h6-9,11,14-16,19H,10H2,1-5H3. The van der Waals surface area contributed by atoms with Crippen molar-refractivity contribution in [1.82, 2.24) is 10.2 Å². The zero-order valence-electron chi connectivity index (χ0n) is 13.7. The number of aryl methyl sites for hydroxylation is 1. The molecule has 1 aromatic rings. The Morgan fingerprint density at radius 1 is 1.29 bits per heavy atom. The molecule has 1 saturated heterocycles. The van der Waals surface area contributed by atoms with Gasteiger partial charge in [-0.1, -0.05) is 52.0 Å². The Hall–Kier alpha value is -1.35. The van der Waals surface area contributed by atoms with Crippen LogP contribution in [-0.2, 0) is 4.79 Å². The average molecular weight is 286 g/mol. The second-order valence-corrected chi connectivity index (χ2v) is 7.60. The van der Waals surface area contributed by atoms with Gasteiger partial charge in [0.05, 0.1) is 6.04 Å². The van der Waals surface area contributed by atoms with Crippen LogP contribution in [0.2, 0.25) is 0 Å². The van der Waals surface area contributed by atoms with E-state index in [1.54, 1.807) is 0 Å². The molecule has 1 aliphatic carbocycles. The highest BCUT2D eigenvalue weighted by Crippen LogP contribution is 2.52. The molecule has 1 saturated carbocycles. The summed E-state index contributed by atoms with van der Waals surface area (Å²) in [5.41, 5.74) is 2.73. The van der Waals surface area contributed by atoms with Gasteiger partial charge in [0.25, 0.3) is 0 Å². The van der Waals surface area contributed by atoms with Crippen molar-refractivity contribution in [2.75, 3.05) is 0 Å². The first kappa shape index (κ1) is 14.6. The van der Waals surface area contributed by atoms with Gasteiger partial charge in [-0.05, 0) is 35.8 Å². The van der Waals surface area contributed by atoms with E-state index in [2.05, 4.69) is 69.1 Å². The van der Waals surface area contributed by atoms with E-state index in [0.29, 0.717) is 12.0 Å². The lowest BCUT2D eigenvalue weighted by molar-refractivity contribution is -0.131. The molecule has 0 spiro atoms. The summed E-state index contributed by atoms with van der Waals surface area (Å²) in [6.07, 6.45) is 1.13. The van der Waals surface area contributed by atoms with Crippen LogP contribution in [0.3, 0.4) is 0 Å². The van der Waals surface area contributed by atoms with E-state index in [9.17, 15) is 4.79 Å². The Labute approximate surface area is 127 Å². The molecule has 3 nitrogen and oxygen atoms in total. The van der Waals surface area contributed by atoms with E-state index in [4.69, 9.17) is 0 Å². The molecule has 0 radical (unpaired) electrons. The third-order valence-electron chi connectivity index (χ3n) is 5.08. The second kappa shape index (κ2) is 4.84. The van der Waals surface area contributed by atoms with Crippen molar-refractivity contribution in [3.8, 4) is 0 Å². The molecule has 3 atom stereocenters. The Morgan fingerprint density at radius 3 is 2.43 bits per heavy atom. The zero-order chi connectivity index (χ0) is 15.4. The van der Waals surface area contributed by atoms with Crippen LogP contribution < -0.4 is 5.32 Å². The molecule has 0 aromatic heterocycles. The molecule has 2 fully saturated rings. The van der Waals surface area contributed by atoms with E-state index in [0.717, 1.165) is 6.42 Å². The third kappa shape index (κ3) is 2.38. The van der Waals surface area contributed by atoms with Gasteiger partial charge in [0.1, 0.15) is 6.17 Å². The molecule has 2 aliphatic rings. The molecule has 3 unspecified atom stereocenters. The van der Waals surface area contributed by atoms with E-state index < -0.39 is 0 Å². The number of rotatable bonds is 3. The number of nitrogens with one attached hydrogen (secondary N) is 1. The monoisotopic (exact) mass is 286 g/mol. The lowest BCUT2D eigenvalue weighted by Crippen LogP contribution is -2.36. The fourth-order valence-electron chi connectivity index (χ4n) is 3.47. The minimum Gasteiger partial charge on any atom is -0.318 e. The Kier molecular flexibility index (Phi) is 3.36. The van der Waals surface area contributed by atoms with Gasteiger partial charge in [0.15, 0.2) is 0 Å². The van der Waals surface area contributed by atoms with Crippen molar-refractivity contribution in [1.29, 1.82) is 0 Å². The van der Waals surface area contributed by atoms with Crippen LogP contribution in [0.5, 0.6) is 0 Å². The van der Waals surface area contributed by atoms with Gasteiger partial charge >= 0.3 is 0 Å². The zero-order valence-corrected chi connectivity index (χ0v) is 13.7. The number of carbonyl (C=O) groups is 1. The fourth-order valence-corrected chi connectivity index (χ4v) is 3.47. The number of amides is 1. The minimum atomic E-state index is -0.0639. The molecular formula is C18H26N2O. The van der Waals surface area contributed by atoms with E-state index in [1.807, 2.05) is 0 Å². The van der Waals surface area contributed by atoms with Crippen LogP contribution >= 0.6 is 0 Å². The van der Waals surface area contributed by atoms with Gasteiger partial charge < -0.3 is 4.90 Å². The van der Waals surface area contributed by atoms with Crippen LogP contribution in [0.4, 0.5) is 0 Å². The van der Waals surface area contributed by atoms with Crippen LogP contribution in [0, 0.1) is 18.3 Å². The molecule has 21 heavy (non-hydrogen) atoms. The van der Waals surface area contributed by atoms with Gasteiger partial charge in [0.2, 0.25) is 5.91 Å². The summed E-state index contributed by atoms with van der Waals surface area (Å²) in [7, 11) is 0. The van der Waals surface area contributed by atoms with Crippen molar-refractivity contribution in [2.45, 2.75) is 59.3 Å². The van der Waals surface area contributed by atoms with Crippen LogP contribution in [-0.4, -0.2) is 22.9 Å². The predicted octanol–water partition coefficient (Wildman–Crippen LogP) is 3.25. The SMILES string of the molecule is Cc1ccccc1C1NC(C(C)C)C(=O)N1C1CC1(C)C. The van der Waals surface area contributed by atoms with Gasteiger partial charge in [-0.25, -0.2) is 0 Å². The van der Waals surface area contributed by atoms with E-state index in [1.165, 1.54) is 11.1 Å². The van der Waals surface area contributed by atoms with Gasteiger partial charge in [0, 0.05) is 6.04 Å². The maximum atomic E-state index is 12.9. The summed E-state index contributed by atoms with van der Waals surface area (Å²) in [6, 6.07) is 8.69. The normalized spacial score (nSPS) is 31.0. The molecular weight excluding hydrogens is 260 g/mol. The van der Waals surface area contributed by atoms with Gasteiger partial charge in [-0.2, -0.15) is 0 Å². The summed E-state index contributed by atoms with van der Waals surface area (Å²) >= 11 is 0. The van der Waals surface area contributed by atoms with Crippen molar-refractivity contribution in [3.63, 3.8) is 0 Å². The number of hydrogen-bond donors (Lipinski definition) is 1. The minimum absolute atomic E-state index is 0.0258. The number of hydrogen-bond acceptors (Lipinski definition) is 2. The highest BCUT2D eigenvalue weighted by Gasteiger charge is 2.57. The molecule has 1 amide bonds. The van der Waals surface area contributed by atoms with Crippen LogP contribution in [0.15, 0.2) is 24.3 Å². The summed E-state index contributed by atoms with van der Waals surface area (Å²) in [6.45, 7) is 10.9. The first-order valence-electron chi connectivity index (χ1n) is 7.96. The Bertz CT molecular complexity index is 564. The summed E-state index contributed by atoms with van der Waals surface area (Å²) in [5, 5.41) is 3.58. The Morgan fingerprint density at radius 2 is 1.90 bits per heavy atom. The molecule has 0 bridgehead atoms. The van der Waals surface area contributed by atoms with Crippen molar-refractivity contribution < 1.29 is 4.79 Å². The summed E-state index contributed by atoms with van der Waals surface area (Å²) < 4.78 is 0. The first-order valence-corrected chi connectivity index (χ1v) is 7.96. The summed E-state index contributed by atoms with van der Waals surface area (Å²) in [4.78, 5) is 15.0. The summed E-state index contributed by atoms with van der Waals surface area (Å²) in [5.74, 6) is 0.588. The Balaban J connectivity index is 1.97. The number of nitrogens with zero attached hydrogens (tertiary/aromatic N) is 1. The highest BCUT2D eigenvalue weighted by atomic mass is 16.2. The van der Waals surface area contributed by atoms with Crippen LogP contribution in [0.25, 0.3) is 0 Å². The van der Waals surface area contributed by atoms with Gasteiger partial charge in [-0.15, -0.1) is 0 Å². The predicted molar refractivity (Wildman–Crippen MR) is 84.7 cm³/mol. The quantitative estimate of drug-likeness (QED) is 0.925. The van der Waals surface area contributed by atoms with E-state index in [-0.39, 0.29) is 23.5 Å². The maximum Gasteiger partial charge on any atom is 0.241 e. The number of benzene rings is 1.